The Labute approximate surface area is 83.8 Å². The Morgan fingerprint density at radius 3 is 2.50 bits per heavy atom. The molecule has 0 amide bonds. The van der Waals surface area contributed by atoms with Gasteiger partial charge in [-0.25, -0.2) is 0 Å². The largest absolute Gasteiger partial charge is 0.491 e. The molecule has 0 aliphatic rings. The fourth-order valence-electron chi connectivity index (χ4n) is 1.06. The van der Waals surface area contributed by atoms with E-state index in [4.69, 9.17) is 9.76 Å². The molecule has 0 saturated carbocycles. The third-order valence-corrected chi connectivity index (χ3v) is 1.82. The van der Waals surface area contributed by atoms with Gasteiger partial charge in [0, 0.05) is 0 Å². The summed E-state index contributed by atoms with van der Waals surface area (Å²) >= 11 is 0. The first kappa shape index (κ1) is 11.0. The van der Waals surface area contributed by atoms with E-state index in [1.54, 1.807) is 18.2 Å². The number of hydrogen-bond donors (Lipinski definition) is 2. The van der Waals surface area contributed by atoms with Crippen molar-refractivity contribution in [3.63, 3.8) is 0 Å². The minimum atomic E-state index is -0.971. The molecule has 3 nitrogen and oxygen atoms in total. The van der Waals surface area contributed by atoms with Crippen molar-refractivity contribution in [1.29, 1.82) is 0 Å². The Kier molecular flexibility index (Phi) is 4.39. The Hall–Kier alpha value is -1.10. The molecule has 0 heterocycles. The van der Waals surface area contributed by atoms with E-state index in [9.17, 15) is 5.02 Å². The van der Waals surface area contributed by atoms with Crippen LogP contribution in [0.15, 0.2) is 30.8 Å². The van der Waals surface area contributed by atoms with Crippen LogP contribution in [0.4, 0.5) is 0 Å². The molecule has 0 saturated heterocycles. The zero-order valence-corrected chi connectivity index (χ0v) is 7.89. The van der Waals surface area contributed by atoms with E-state index in [-0.39, 0.29) is 13.2 Å². The van der Waals surface area contributed by atoms with Crippen molar-refractivity contribution < 1.29 is 14.8 Å². The summed E-state index contributed by atoms with van der Waals surface area (Å²) in [5.41, 5.74) is 1.66. The number of rotatable bonds is 5. The summed E-state index contributed by atoms with van der Waals surface area (Å²) in [7, 11) is -0.971. The van der Waals surface area contributed by atoms with Crippen LogP contribution in [0.2, 0.25) is 0 Å². The van der Waals surface area contributed by atoms with E-state index in [0.29, 0.717) is 5.46 Å². The van der Waals surface area contributed by atoms with Crippen LogP contribution in [0.1, 0.15) is 5.56 Å². The maximum Gasteiger partial charge on any atom is 0.491 e. The average Bonchev–Trinajstić information content (AvgIpc) is 2.26. The van der Waals surface area contributed by atoms with E-state index in [1.165, 1.54) is 0 Å². The van der Waals surface area contributed by atoms with Gasteiger partial charge in [0.1, 0.15) is 0 Å². The molecular weight excluding hydrogens is 179 g/mol. The predicted molar refractivity (Wildman–Crippen MR) is 57.2 cm³/mol. The monoisotopic (exact) mass is 192 g/mol. The fourth-order valence-corrected chi connectivity index (χ4v) is 1.06. The second-order valence-electron chi connectivity index (χ2n) is 2.82. The van der Waals surface area contributed by atoms with Crippen LogP contribution in [-0.4, -0.2) is 30.5 Å². The van der Waals surface area contributed by atoms with E-state index in [1.807, 2.05) is 12.1 Å². The van der Waals surface area contributed by atoms with Crippen molar-refractivity contribution in [2.24, 2.45) is 0 Å². The van der Waals surface area contributed by atoms with Crippen molar-refractivity contribution in [3.05, 3.63) is 36.4 Å². The molecule has 1 rings (SSSR count). The predicted octanol–water partition coefficient (Wildman–Crippen LogP) is 0.0260. The normalized spacial score (nSPS) is 9.86. The Balaban J connectivity index is 2.61. The summed E-state index contributed by atoms with van der Waals surface area (Å²) < 4.78 is 4.93. The van der Waals surface area contributed by atoms with Gasteiger partial charge in [-0.15, -0.1) is 0 Å². The van der Waals surface area contributed by atoms with Crippen molar-refractivity contribution in [1.82, 2.24) is 0 Å². The smallest absolute Gasteiger partial charge is 0.423 e. The third-order valence-electron chi connectivity index (χ3n) is 1.82. The second-order valence-corrected chi connectivity index (χ2v) is 2.82. The van der Waals surface area contributed by atoms with Gasteiger partial charge in [-0.2, -0.15) is 0 Å². The SMILES string of the molecule is C=Cc1ccc(B(O)OCCO)cc1. The van der Waals surface area contributed by atoms with Crippen LogP contribution in [0.3, 0.4) is 0 Å². The zero-order chi connectivity index (χ0) is 10.4. The lowest BCUT2D eigenvalue weighted by atomic mass is 9.79. The average molecular weight is 192 g/mol. The zero-order valence-electron chi connectivity index (χ0n) is 7.89. The van der Waals surface area contributed by atoms with Crippen LogP contribution < -0.4 is 5.46 Å². The lowest BCUT2D eigenvalue weighted by molar-refractivity contribution is 0.183. The van der Waals surface area contributed by atoms with Crippen LogP contribution in [-0.2, 0) is 4.65 Å². The van der Waals surface area contributed by atoms with Gasteiger partial charge in [0.25, 0.3) is 0 Å². The molecule has 74 valence electrons. The maximum atomic E-state index is 9.46. The molecule has 0 aliphatic heterocycles. The van der Waals surface area contributed by atoms with Gasteiger partial charge in [0.2, 0.25) is 0 Å². The minimum absolute atomic E-state index is 0.0954. The van der Waals surface area contributed by atoms with E-state index < -0.39 is 7.12 Å². The molecule has 0 radical (unpaired) electrons. The van der Waals surface area contributed by atoms with Gasteiger partial charge in [0.05, 0.1) is 13.2 Å². The highest BCUT2D eigenvalue weighted by molar-refractivity contribution is 6.59. The summed E-state index contributed by atoms with van der Waals surface area (Å²) in [4.78, 5) is 0. The second kappa shape index (κ2) is 5.60. The van der Waals surface area contributed by atoms with Crippen molar-refractivity contribution >= 4 is 18.7 Å². The molecule has 0 bridgehead atoms. The van der Waals surface area contributed by atoms with E-state index >= 15 is 0 Å². The quantitative estimate of drug-likeness (QED) is 0.647. The number of aliphatic hydroxyl groups is 1. The minimum Gasteiger partial charge on any atom is -0.423 e. The lowest BCUT2D eigenvalue weighted by Crippen LogP contribution is -2.34. The molecule has 4 heteroatoms. The third kappa shape index (κ3) is 2.99. The first-order valence-electron chi connectivity index (χ1n) is 4.41. The highest BCUT2D eigenvalue weighted by Crippen LogP contribution is 1.98. The van der Waals surface area contributed by atoms with Gasteiger partial charge >= 0.3 is 7.12 Å². The van der Waals surface area contributed by atoms with Crippen molar-refractivity contribution in [2.45, 2.75) is 0 Å². The molecule has 0 aromatic heterocycles. The lowest BCUT2D eigenvalue weighted by Gasteiger charge is -2.06. The summed E-state index contributed by atoms with van der Waals surface area (Å²) in [6.07, 6.45) is 1.73. The topological polar surface area (TPSA) is 49.7 Å². The van der Waals surface area contributed by atoms with Crippen molar-refractivity contribution in [3.8, 4) is 0 Å². The first-order chi connectivity index (χ1) is 6.77. The van der Waals surface area contributed by atoms with Crippen LogP contribution in [0.25, 0.3) is 6.08 Å². The fraction of sp³-hybridized carbons (Fsp3) is 0.200. The highest BCUT2D eigenvalue weighted by atomic mass is 16.5. The Morgan fingerprint density at radius 1 is 1.36 bits per heavy atom. The molecule has 2 N–H and O–H groups in total. The molecular formula is C10H13BO3. The van der Waals surface area contributed by atoms with E-state index in [2.05, 4.69) is 6.58 Å². The van der Waals surface area contributed by atoms with Gasteiger partial charge in [-0.3, -0.25) is 0 Å². The van der Waals surface area contributed by atoms with Gasteiger partial charge < -0.3 is 14.8 Å². The first-order valence-corrected chi connectivity index (χ1v) is 4.41. The van der Waals surface area contributed by atoms with Gasteiger partial charge in [-0.05, 0) is 11.0 Å². The standard InChI is InChI=1S/C10H13BO3/c1-2-9-3-5-10(6-4-9)11(13)14-8-7-12/h2-6,12-13H,1,7-8H2. The molecule has 1 aromatic rings. The van der Waals surface area contributed by atoms with Gasteiger partial charge in [-0.1, -0.05) is 36.9 Å². The van der Waals surface area contributed by atoms with Crippen molar-refractivity contribution in [2.75, 3.05) is 13.2 Å². The molecule has 14 heavy (non-hydrogen) atoms. The Bertz CT molecular complexity index is 284. The van der Waals surface area contributed by atoms with Crippen LogP contribution in [0, 0.1) is 0 Å². The molecule has 0 atom stereocenters. The Morgan fingerprint density at radius 2 is 2.00 bits per heavy atom. The summed E-state index contributed by atoms with van der Waals surface area (Å²) in [5, 5.41) is 18.0. The van der Waals surface area contributed by atoms with Gasteiger partial charge in [0.15, 0.2) is 0 Å². The number of aliphatic hydroxyl groups excluding tert-OH is 1. The molecule has 0 fully saturated rings. The maximum absolute atomic E-state index is 9.46. The summed E-state index contributed by atoms with van der Waals surface area (Å²) in [6.45, 7) is 3.66. The molecule has 0 aliphatic carbocycles. The van der Waals surface area contributed by atoms with E-state index in [0.717, 1.165) is 5.56 Å². The number of hydrogen-bond acceptors (Lipinski definition) is 3. The van der Waals surface area contributed by atoms with Crippen LogP contribution in [0.5, 0.6) is 0 Å². The molecule has 0 spiro atoms. The number of benzene rings is 1. The highest BCUT2D eigenvalue weighted by Gasteiger charge is 2.14. The van der Waals surface area contributed by atoms with Crippen LogP contribution >= 0.6 is 0 Å². The summed E-state index contributed by atoms with van der Waals surface area (Å²) in [6, 6.07) is 7.21. The molecule has 0 unspecified atom stereocenters. The summed E-state index contributed by atoms with van der Waals surface area (Å²) in [5.74, 6) is 0. The molecule has 1 aromatic carbocycles.